The zero-order valence-corrected chi connectivity index (χ0v) is 13.9. The molecule has 0 amide bonds. The largest absolute Gasteiger partial charge is 0.415 e. The fraction of sp³-hybridized carbons (Fsp3) is 0.400. The van der Waals surface area contributed by atoms with Crippen LogP contribution in [0.1, 0.15) is 5.56 Å². The highest BCUT2D eigenvalue weighted by Gasteiger charge is 2.45. The van der Waals surface area contributed by atoms with Crippen molar-refractivity contribution in [2.45, 2.75) is 24.1 Å². The molecule has 1 aliphatic heterocycles. The standard InChI is InChI=1S/C15H15F3N2O4S/c1-9-6-14(21)19-12-3-2-10(7-11(9)12)25(22,23)20-4-5-24-13(8-20)15(16,17)18/h2-3,6-7,13H,4-5,8H2,1H3,(H,19,21)/t13-/m1/s1. The van der Waals surface area contributed by atoms with Crippen LogP contribution in [0.15, 0.2) is 34.0 Å². The Balaban J connectivity index is 2.00. The molecule has 1 saturated heterocycles. The van der Waals surface area contributed by atoms with Crippen molar-refractivity contribution in [2.24, 2.45) is 0 Å². The monoisotopic (exact) mass is 376 g/mol. The summed E-state index contributed by atoms with van der Waals surface area (Å²) in [5.41, 5.74) is 0.715. The maximum Gasteiger partial charge on any atom is 0.415 e. The predicted octanol–water partition coefficient (Wildman–Crippen LogP) is 1.79. The van der Waals surface area contributed by atoms with Gasteiger partial charge in [0.05, 0.1) is 11.5 Å². The van der Waals surface area contributed by atoms with Crippen molar-refractivity contribution in [1.82, 2.24) is 9.29 Å². The number of pyridine rings is 1. The highest BCUT2D eigenvalue weighted by molar-refractivity contribution is 7.89. The Hall–Kier alpha value is -1.91. The van der Waals surface area contributed by atoms with Crippen LogP contribution in [0.25, 0.3) is 10.9 Å². The van der Waals surface area contributed by atoms with E-state index in [-0.39, 0.29) is 23.6 Å². The minimum atomic E-state index is -4.63. The lowest BCUT2D eigenvalue weighted by Crippen LogP contribution is -2.51. The van der Waals surface area contributed by atoms with Gasteiger partial charge in [-0.15, -0.1) is 0 Å². The first kappa shape index (κ1) is 17.9. The number of alkyl halides is 3. The zero-order chi connectivity index (χ0) is 18.4. The molecule has 0 bridgehead atoms. The number of morpholine rings is 1. The summed E-state index contributed by atoms with van der Waals surface area (Å²) >= 11 is 0. The van der Waals surface area contributed by atoms with Crippen molar-refractivity contribution in [3.8, 4) is 0 Å². The Morgan fingerprint density at radius 3 is 2.68 bits per heavy atom. The van der Waals surface area contributed by atoms with Crippen molar-refractivity contribution in [2.75, 3.05) is 19.7 Å². The van der Waals surface area contributed by atoms with E-state index >= 15 is 0 Å². The molecule has 1 aliphatic rings. The molecule has 0 radical (unpaired) electrons. The molecule has 6 nitrogen and oxygen atoms in total. The first-order valence-corrected chi connectivity index (χ1v) is 8.85. The van der Waals surface area contributed by atoms with Gasteiger partial charge in [-0.1, -0.05) is 0 Å². The Morgan fingerprint density at radius 2 is 2.00 bits per heavy atom. The molecule has 10 heteroatoms. The molecule has 136 valence electrons. The summed E-state index contributed by atoms with van der Waals surface area (Å²) in [4.78, 5) is 13.9. The molecule has 0 saturated carbocycles. The van der Waals surface area contributed by atoms with E-state index in [0.717, 1.165) is 4.31 Å². The minimum absolute atomic E-state index is 0.127. The molecular weight excluding hydrogens is 361 g/mol. The number of sulfonamides is 1. The summed E-state index contributed by atoms with van der Waals surface area (Å²) in [6.07, 6.45) is -6.78. The van der Waals surface area contributed by atoms with Gasteiger partial charge in [-0.2, -0.15) is 17.5 Å². The summed E-state index contributed by atoms with van der Waals surface area (Å²) in [6, 6.07) is 5.38. The van der Waals surface area contributed by atoms with Crippen molar-refractivity contribution in [3.05, 3.63) is 40.2 Å². The molecule has 2 heterocycles. The fourth-order valence-corrected chi connectivity index (χ4v) is 4.20. The highest BCUT2D eigenvalue weighted by atomic mass is 32.2. The smallest absolute Gasteiger partial charge is 0.366 e. The number of nitrogens with zero attached hydrogens (tertiary/aromatic N) is 1. The van der Waals surface area contributed by atoms with Gasteiger partial charge in [-0.05, 0) is 30.7 Å². The lowest BCUT2D eigenvalue weighted by Gasteiger charge is -2.33. The number of ether oxygens (including phenoxy) is 1. The number of nitrogens with one attached hydrogen (secondary N) is 1. The molecule has 1 fully saturated rings. The van der Waals surface area contributed by atoms with Gasteiger partial charge in [-0.3, -0.25) is 4.79 Å². The number of aromatic nitrogens is 1. The lowest BCUT2D eigenvalue weighted by atomic mass is 10.1. The van der Waals surface area contributed by atoms with Crippen LogP contribution in [0.4, 0.5) is 13.2 Å². The summed E-state index contributed by atoms with van der Waals surface area (Å²) < 4.78 is 69.3. The average Bonchev–Trinajstić information content (AvgIpc) is 2.53. The van der Waals surface area contributed by atoms with Crippen molar-refractivity contribution in [3.63, 3.8) is 0 Å². The van der Waals surface area contributed by atoms with Crippen LogP contribution in [0, 0.1) is 6.92 Å². The molecule has 2 aromatic rings. The normalized spacial score (nSPS) is 20.1. The molecule has 0 unspecified atom stereocenters. The van der Waals surface area contributed by atoms with E-state index in [9.17, 15) is 26.4 Å². The summed E-state index contributed by atoms with van der Waals surface area (Å²) in [5.74, 6) is 0. The number of hydrogen-bond donors (Lipinski definition) is 1. The van der Waals surface area contributed by atoms with Crippen LogP contribution in [-0.4, -0.2) is 49.7 Å². The van der Waals surface area contributed by atoms with E-state index in [1.807, 2.05) is 0 Å². The molecule has 1 atom stereocenters. The number of aryl methyl sites for hydroxylation is 1. The van der Waals surface area contributed by atoms with Crippen LogP contribution in [0.3, 0.4) is 0 Å². The number of H-pyrrole nitrogens is 1. The molecule has 3 rings (SSSR count). The third kappa shape index (κ3) is 3.42. The van der Waals surface area contributed by atoms with E-state index in [0.29, 0.717) is 16.5 Å². The van der Waals surface area contributed by atoms with Crippen LogP contribution >= 0.6 is 0 Å². The van der Waals surface area contributed by atoms with Gasteiger partial charge in [0.25, 0.3) is 0 Å². The second-order valence-corrected chi connectivity index (χ2v) is 7.73. The first-order chi connectivity index (χ1) is 11.6. The molecule has 1 aromatic heterocycles. The van der Waals surface area contributed by atoms with E-state index in [1.165, 1.54) is 24.3 Å². The fourth-order valence-electron chi connectivity index (χ4n) is 2.75. The SMILES string of the molecule is Cc1cc(=O)[nH]c2ccc(S(=O)(=O)N3CCO[C@@H](C(F)(F)F)C3)cc12. The molecule has 1 aromatic carbocycles. The van der Waals surface area contributed by atoms with Gasteiger partial charge in [0.2, 0.25) is 15.6 Å². The summed E-state index contributed by atoms with van der Waals surface area (Å²) in [5, 5.41) is 0.515. The highest BCUT2D eigenvalue weighted by Crippen LogP contribution is 2.29. The van der Waals surface area contributed by atoms with Crippen molar-refractivity contribution < 1.29 is 26.3 Å². The van der Waals surface area contributed by atoms with E-state index in [2.05, 4.69) is 9.72 Å². The topological polar surface area (TPSA) is 79.5 Å². The van der Waals surface area contributed by atoms with Gasteiger partial charge in [0, 0.05) is 30.1 Å². The van der Waals surface area contributed by atoms with Gasteiger partial charge < -0.3 is 9.72 Å². The van der Waals surface area contributed by atoms with Crippen LogP contribution in [0.2, 0.25) is 0 Å². The van der Waals surface area contributed by atoms with Crippen LogP contribution in [-0.2, 0) is 14.8 Å². The molecule has 0 aliphatic carbocycles. The predicted molar refractivity (Wildman–Crippen MR) is 83.9 cm³/mol. The first-order valence-electron chi connectivity index (χ1n) is 7.41. The number of rotatable bonds is 2. The molecule has 0 spiro atoms. The third-order valence-corrected chi connectivity index (χ3v) is 5.91. The maximum absolute atomic E-state index is 12.8. The number of halogens is 3. The second kappa shape index (κ2) is 6.11. The Morgan fingerprint density at radius 1 is 1.28 bits per heavy atom. The van der Waals surface area contributed by atoms with Gasteiger partial charge >= 0.3 is 6.18 Å². The average molecular weight is 376 g/mol. The molecule has 25 heavy (non-hydrogen) atoms. The zero-order valence-electron chi connectivity index (χ0n) is 13.1. The summed E-state index contributed by atoms with van der Waals surface area (Å²) in [6.45, 7) is 0.387. The molecular formula is C15H15F3N2O4S. The van der Waals surface area contributed by atoms with Crippen LogP contribution in [0.5, 0.6) is 0 Å². The van der Waals surface area contributed by atoms with Gasteiger partial charge in [0.1, 0.15) is 0 Å². The van der Waals surface area contributed by atoms with Gasteiger partial charge in [-0.25, -0.2) is 8.42 Å². The van der Waals surface area contributed by atoms with Crippen LogP contribution < -0.4 is 5.56 Å². The number of benzene rings is 1. The quantitative estimate of drug-likeness (QED) is 0.867. The lowest BCUT2D eigenvalue weighted by molar-refractivity contribution is -0.231. The van der Waals surface area contributed by atoms with E-state index in [1.54, 1.807) is 6.92 Å². The second-order valence-electron chi connectivity index (χ2n) is 5.79. The Labute approximate surface area is 141 Å². The van der Waals surface area contributed by atoms with Crippen molar-refractivity contribution in [1.29, 1.82) is 0 Å². The van der Waals surface area contributed by atoms with E-state index < -0.39 is 28.8 Å². The summed E-state index contributed by atoms with van der Waals surface area (Å²) in [7, 11) is -4.11. The Bertz CT molecular complexity index is 969. The number of hydrogen-bond acceptors (Lipinski definition) is 4. The molecule has 1 N–H and O–H groups in total. The number of aromatic amines is 1. The number of fused-ring (bicyclic) bond motifs is 1. The van der Waals surface area contributed by atoms with Crippen molar-refractivity contribution >= 4 is 20.9 Å². The van der Waals surface area contributed by atoms with E-state index in [4.69, 9.17) is 0 Å². The Kier molecular flexibility index (Phi) is 4.38. The minimum Gasteiger partial charge on any atom is -0.366 e. The maximum atomic E-state index is 12.8. The van der Waals surface area contributed by atoms with Gasteiger partial charge in [0.15, 0.2) is 6.10 Å². The third-order valence-electron chi connectivity index (χ3n) is 4.05.